The van der Waals surface area contributed by atoms with Crippen LogP contribution in [0.25, 0.3) is 0 Å². The van der Waals surface area contributed by atoms with E-state index in [4.69, 9.17) is 5.73 Å². The van der Waals surface area contributed by atoms with E-state index < -0.39 is 5.91 Å². The summed E-state index contributed by atoms with van der Waals surface area (Å²) < 4.78 is 1.53. The third-order valence-corrected chi connectivity index (χ3v) is 4.18. The van der Waals surface area contributed by atoms with E-state index in [1.807, 2.05) is 6.92 Å². The van der Waals surface area contributed by atoms with Gasteiger partial charge in [-0.2, -0.15) is 5.10 Å². The van der Waals surface area contributed by atoms with Gasteiger partial charge in [-0.3, -0.25) is 14.3 Å². The molecule has 1 fully saturated rings. The molecule has 1 aromatic rings. The number of carbonyl (C=O) groups is 2. The van der Waals surface area contributed by atoms with E-state index in [0.29, 0.717) is 30.3 Å². The highest BCUT2D eigenvalue weighted by molar-refractivity contribution is 6.02. The molecule has 1 aliphatic rings. The first-order valence-corrected chi connectivity index (χ1v) is 7.70. The van der Waals surface area contributed by atoms with Crippen molar-refractivity contribution in [3.63, 3.8) is 0 Å². The largest absolute Gasteiger partial charge is 0.364 e. The smallest absolute Gasteiger partial charge is 0.269 e. The maximum absolute atomic E-state index is 12.1. The van der Waals surface area contributed by atoms with Gasteiger partial charge in [-0.1, -0.05) is 25.7 Å². The molecule has 0 aromatic carbocycles. The number of aromatic nitrogens is 2. The number of hydrogen-bond acceptors (Lipinski definition) is 3. The summed E-state index contributed by atoms with van der Waals surface area (Å²) in [4.78, 5) is 23.7. The van der Waals surface area contributed by atoms with Gasteiger partial charge in [-0.05, 0) is 26.2 Å². The number of aryl methyl sites for hydroxylation is 2. The molecular weight excluding hydrogens is 268 g/mol. The van der Waals surface area contributed by atoms with Crippen LogP contribution in [0.2, 0.25) is 0 Å². The molecule has 0 saturated heterocycles. The van der Waals surface area contributed by atoms with Gasteiger partial charge in [0.1, 0.15) is 5.69 Å². The number of carbonyl (C=O) groups excluding carboxylic acids is 2. The van der Waals surface area contributed by atoms with Gasteiger partial charge in [-0.25, -0.2) is 0 Å². The normalized spacial score (nSPS) is 15.3. The highest BCUT2D eigenvalue weighted by atomic mass is 16.2. The van der Waals surface area contributed by atoms with Crippen LogP contribution in [0, 0.1) is 12.8 Å². The molecule has 0 bridgehead atoms. The second-order valence-corrected chi connectivity index (χ2v) is 5.73. The molecule has 1 saturated carbocycles. The van der Waals surface area contributed by atoms with E-state index in [-0.39, 0.29) is 11.6 Å². The molecule has 21 heavy (non-hydrogen) atoms. The molecule has 0 radical (unpaired) electrons. The Morgan fingerprint density at radius 3 is 2.62 bits per heavy atom. The molecule has 0 atom stereocenters. The van der Waals surface area contributed by atoms with Crippen molar-refractivity contribution >= 4 is 17.5 Å². The fourth-order valence-electron chi connectivity index (χ4n) is 3.05. The zero-order valence-corrected chi connectivity index (χ0v) is 12.8. The minimum absolute atomic E-state index is 0.0665. The first kappa shape index (κ1) is 15.5. The van der Waals surface area contributed by atoms with Gasteiger partial charge in [0.2, 0.25) is 5.91 Å². The lowest BCUT2D eigenvalue weighted by atomic mass is 10.0. The molecule has 2 rings (SSSR count). The fraction of sp³-hybridized carbons (Fsp3) is 0.667. The van der Waals surface area contributed by atoms with Crippen LogP contribution in [0.15, 0.2) is 0 Å². The van der Waals surface area contributed by atoms with Gasteiger partial charge in [-0.15, -0.1) is 0 Å². The summed E-state index contributed by atoms with van der Waals surface area (Å²) in [6.45, 7) is 4.19. The van der Waals surface area contributed by atoms with Gasteiger partial charge >= 0.3 is 0 Å². The highest BCUT2D eigenvalue weighted by Gasteiger charge is 2.21. The first-order valence-electron chi connectivity index (χ1n) is 7.70. The number of anilines is 1. The van der Waals surface area contributed by atoms with Gasteiger partial charge in [0.05, 0.1) is 11.4 Å². The van der Waals surface area contributed by atoms with Gasteiger partial charge < -0.3 is 11.1 Å². The van der Waals surface area contributed by atoms with Crippen molar-refractivity contribution in [3.8, 4) is 0 Å². The van der Waals surface area contributed by atoms with Crippen LogP contribution in [0.1, 0.15) is 61.6 Å². The van der Waals surface area contributed by atoms with Crippen molar-refractivity contribution in [2.24, 2.45) is 11.7 Å². The Morgan fingerprint density at radius 1 is 1.38 bits per heavy atom. The Bertz CT molecular complexity index is 530. The number of amides is 2. The summed E-state index contributed by atoms with van der Waals surface area (Å²) in [5.41, 5.74) is 6.77. The minimum atomic E-state index is -0.566. The van der Waals surface area contributed by atoms with E-state index >= 15 is 0 Å². The third kappa shape index (κ3) is 3.62. The summed E-state index contributed by atoms with van der Waals surface area (Å²) in [5.74, 6) is 0.0394. The molecule has 3 N–H and O–H groups in total. The zero-order chi connectivity index (χ0) is 15.4. The molecule has 6 heteroatoms. The van der Waals surface area contributed by atoms with Crippen LogP contribution in [0.4, 0.5) is 5.69 Å². The second kappa shape index (κ2) is 6.74. The summed E-state index contributed by atoms with van der Waals surface area (Å²) in [5, 5.41) is 7.06. The number of rotatable bonds is 6. The monoisotopic (exact) mass is 292 g/mol. The number of hydrogen-bond donors (Lipinski definition) is 2. The van der Waals surface area contributed by atoms with Crippen molar-refractivity contribution in [2.75, 3.05) is 5.32 Å². The number of nitrogens with one attached hydrogen (secondary N) is 1. The molecule has 0 aliphatic heterocycles. The summed E-state index contributed by atoms with van der Waals surface area (Å²) in [6, 6.07) is 0. The average molecular weight is 292 g/mol. The van der Waals surface area contributed by atoms with Crippen LogP contribution in [0.5, 0.6) is 0 Å². The van der Waals surface area contributed by atoms with Crippen molar-refractivity contribution in [2.45, 2.75) is 58.9 Å². The minimum Gasteiger partial charge on any atom is -0.364 e. The molecule has 116 valence electrons. The maximum atomic E-state index is 12.1. The van der Waals surface area contributed by atoms with Crippen molar-refractivity contribution in [1.82, 2.24) is 9.78 Å². The van der Waals surface area contributed by atoms with E-state index in [1.165, 1.54) is 30.4 Å². The standard InChI is InChI=1S/C15H24N4O2/c1-3-19-14(15(16)21)13(10(2)18-19)17-12(20)9-8-11-6-4-5-7-11/h11H,3-9H2,1-2H3,(H2,16,21)(H,17,20). The second-order valence-electron chi connectivity index (χ2n) is 5.73. The topological polar surface area (TPSA) is 90.0 Å². The van der Waals surface area contributed by atoms with Crippen molar-refractivity contribution in [3.05, 3.63) is 11.4 Å². The molecular formula is C15H24N4O2. The first-order chi connectivity index (χ1) is 10.0. The van der Waals surface area contributed by atoms with Gasteiger partial charge in [0, 0.05) is 13.0 Å². The molecule has 0 spiro atoms. The predicted octanol–water partition coefficient (Wildman–Crippen LogP) is 2.22. The number of nitrogens with zero attached hydrogens (tertiary/aromatic N) is 2. The van der Waals surface area contributed by atoms with E-state index in [1.54, 1.807) is 6.92 Å². The summed E-state index contributed by atoms with van der Waals surface area (Å²) in [6.07, 6.45) is 6.42. The zero-order valence-electron chi connectivity index (χ0n) is 12.8. The molecule has 6 nitrogen and oxygen atoms in total. The molecule has 1 heterocycles. The lowest BCUT2D eigenvalue weighted by Gasteiger charge is -2.10. The van der Waals surface area contributed by atoms with E-state index in [0.717, 1.165) is 6.42 Å². The van der Waals surface area contributed by atoms with Crippen LogP contribution in [0.3, 0.4) is 0 Å². The fourth-order valence-corrected chi connectivity index (χ4v) is 3.05. The quantitative estimate of drug-likeness (QED) is 0.842. The third-order valence-electron chi connectivity index (χ3n) is 4.18. The van der Waals surface area contributed by atoms with Gasteiger partial charge in [0.15, 0.2) is 0 Å². The molecule has 2 amide bonds. The Labute approximate surface area is 125 Å². The maximum Gasteiger partial charge on any atom is 0.269 e. The molecule has 1 aromatic heterocycles. The Balaban J connectivity index is 2.02. The summed E-state index contributed by atoms with van der Waals surface area (Å²) in [7, 11) is 0. The van der Waals surface area contributed by atoms with Crippen LogP contribution >= 0.6 is 0 Å². The van der Waals surface area contributed by atoms with Crippen molar-refractivity contribution < 1.29 is 9.59 Å². The number of primary amides is 1. The van der Waals surface area contributed by atoms with Crippen LogP contribution in [-0.2, 0) is 11.3 Å². The molecule has 0 unspecified atom stereocenters. The van der Waals surface area contributed by atoms with Crippen molar-refractivity contribution in [1.29, 1.82) is 0 Å². The lowest BCUT2D eigenvalue weighted by molar-refractivity contribution is -0.116. The lowest BCUT2D eigenvalue weighted by Crippen LogP contribution is -2.21. The average Bonchev–Trinajstić information content (AvgIpc) is 3.05. The SMILES string of the molecule is CCn1nc(C)c(NC(=O)CCC2CCCC2)c1C(N)=O. The van der Waals surface area contributed by atoms with Crippen LogP contribution in [-0.4, -0.2) is 21.6 Å². The summed E-state index contributed by atoms with van der Waals surface area (Å²) >= 11 is 0. The Kier molecular flexibility index (Phi) is 4.98. The number of nitrogens with two attached hydrogens (primary N) is 1. The Morgan fingerprint density at radius 2 is 2.05 bits per heavy atom. The highest BCUT2D eigenvalue weighted by Crippen LogP contribution is 2.29. The van der Waals surface area contributed by atoms with E-state index in [9.17, 15) is 9.59 Å². The Hall–Kier alpha value is -1.85. The van der Waals surface area contributed by atoms with Crippen LogP contribution < -0.4 is 11.1 Å². The predicted molar refractivity (Wildman–Crippen MR) is 81.0 cm³/mol. The van der Waals surface area contributed by atoms with Gasteiger partial charge in [0.25, 0.3) is 5.91 Å². The molecule has 1 aliphatic carbocycles. The van der Waals surface area contributed by atoms with E-state index in [2.05, 4.69) is 10.4 Å².